The van der Waals surface area contributed by atoms with Crippen LogP contribution in [-0.2, 0) is 0 Å². The number of amides is 2. The van der Waals surface area contributed by atoms with Gasteiger partial charge >= 0.3 is 0 Å². The Hall–Kier alpha value is -2.82. The average Bonchev–Trinajstić information content (AvgIpc) is 2.67. The van der Waals surface area contributed by atoms with Gasteiger partial charge < -0.3 is 14.5 Å². The average molecular weight is 366 g/mol. The van der Waals surface area contributed by atoms with E-state index in [1.54, 1.807) is 21.9 Å². The second kappa shape index (κ2) is 7.82. The first-order chi connectivity index (χ1) is 12.8. The van der Waals surface area contributed by atoms with Gasteiger partial charge in [0.2, 0.25) is 0 Å². The van der Waals surface area contributed by atoms with Crippen LogP contribution in [0.2, 0.25) is 0 Å². The van der Waals surface area contributed by atoms with Crippen molar-refractivity contribution in [3.05, 3.63) is 65.7 Å². The van der Waals surface area contributed by atoms with Crippen LogP contribution in [0.4, 0.5) is 0 Å². The number of hydrogen-bond donors (Lipinski definition) is 0. The molecule has 5 heteroatoms. The van der Waals surface area contributed by atoms with E-state index in [-0.39, 0.29) is 17.4 Å². The zero-order chi connectivity index (χ0) is 19.4. The smallest absolute Gasteiger partial charge is 0.253 e. The van der Waals surface area contributed by atoms with Crippen LogP contribution in [0.1, 0.15) is 41.5 Å². The molecule has 2 aromatic rings. The molecule has 1 aliphatic heterocycles. The summed E-state index contributed by atoms with van der Waals surface area (Å²) in [4.78, 5) is 28.8. The lowest BCUT2D eigenvalue weighted by Gasteiger charge is -2.35. The van der Waals surface area contributed by atoms with E-state index in [2.05, 4.69) is 0 Å². The summed E-state index contributed by atoms with van der Waals surface area (Å²) in [6.07, 6.45) is 0. The van der Waals surface area contributed by atoms with E-state index in [0.29, 0.717) is 37.3 Å². The molecular formula is C22H26N2O3. The molecule has 0 bridgehead atoms. The molecule has 0 radical (unpaired) electrons. The first-order valence-electron chi connectivity index (χ1n) is 9.26. The molecule has 0 aliphatic carbocycles. The summed E-state index contributed by atoms with van der Waals surface area (Å²) in [5, 5.41) is 0. The van der Waals surface area contributed by atoms with Gasteiger partial charge in [-0.25, -0.2) is 0 Å². The summed E-state index contributed by atoms with van der Waals surface area (Å²) < 4.78 is 5.80. The van der Waals surface area contributed by atoms with E-state index in [1.807, 2.05) is 63.2 Å². The summed E-state index contributed by atoms with van der Waals surface area (Å²) in [5.41, 5.74) is 1.05. The fourth-order valence-corrected chi connectivity index (χ4v) is 3.08. The third kappa shape index (κ3) is 4.88. The zero-order valence-corrected chi connectivity index (χ0v) is 16.1. The lowest BCUT2D eigenvalue weighted by Crippen LogP contribution is -2.50. The van der Waals surface area contributed by atoms with Crippen LogP contribution >= 0.6 is 0 Å². The Morgan fingerprint density at radius 2 is 1.19 bits per heavy atom. The molecule has 0 saturated carbocycles. The van der Waals surface area contributed by atoms with Crippen molar-refractivity contribution in [1.82, 2.24) is 9.80 Å². The Morgan fingerprint density at radius 3 is 1.63 bits per heavy atom. The Bertz CT molecular complexity index is 787. The fourth-order valence-electron chi connectivity index (χ4n) is 3.08. The monoisotopic (exact) mass is 366 g/mol. The van der Waals surface area contributed by atoms with Gasteiger partial charge in [0.25, 0.3) is 11.8 Å². The van der Waals surface area contributed by atoms with Crippen molar-refractivity contribution in [2.45, 2.75) is 26.4 Å². The van der Waals surface area contributed by atoms with Crippen molar-refractivity contribution in [3.8, 4) is 5.75 Å². The number of nitrogens with zero attached hydrogens (tertiary/aromatic N) is 2. The Kier molecular flexibility index (Phi) is 5.49. The Labute approximate surface area is 160 Å². The van der Waals surface area contributed by atoms with Gasteiger partial charge in [0.1, 0.15) is 11.4 Å². The minimum absolute atomic E-state index is 0.0101. The quantitative estimate of drug-likeness (QED) is 0.836. The molecule has 0 N–H and O–H groups in total. The highest BCUT2D eigenvalue weighted by Gasteiger charge is 2.25. The third-order valence-electron chi connectivity index (χ3n) is 4.40. The molecule has 142 valence electrons. The minimum Gasteiger partial charge on any atom is -0.488 e. The predicted octanol–water partition coefficient (Wildman–Crippen LogP) is 3.46. The SMILES string of the molecule is CC(C)(C)Oc1ccc(C(=O)N2CCN(C(=O)c3ccccc3)CC2)cc1. The van der Waals surface area contributed by atoms with Gasteiger partial charge in [-0.3, -0.25) is 9.59 Å². The van der Waals surface area contributed by atoms with Crippen LogP contribution in [0, 0.1) is 0 Å². The molecule has 0 spiro atoms. The van der Waals surface area contributed by atoms with Crippen molar-refractivity contribution >= 4 is 11.8 Å². The number of ether oxygens (including phenoxy) is 1. The van der Waals surface area contributed by atoms with Crippen molar-refractivity contribution in [3.63, 3.8) is 0 Å². The summed E-state index contributed by atoms with van der Waals surface area (Å²) >= 11 is 0. The Morgan fingerprint density at radius 1 is 0.741 bits per heavy atom. The highest BCUT2D eigenvalue weighted by molar-refractivity contribution is 5.96. The summed E-state index contributed by atoms with van der Waals surface area (Å²) in [6.45, 7) is 8.14. The van der Waals surface area contributed by atoms with Crippen LogP contribution in [0.5, 0.6) is 5.75 Å². The molecule has 0 atom stereocenters. The van der Waals surface area contributed by atoms with Gasteiger partial charge in [-0.15, -0.1) is 0 Å². The number of piperazine rings is 1. The summed E-state index contributed by atoms with van der Waals surface area (Å²) in [6, 6.07) is 16.5. The molecule has 1 heterocycles. The van der Waals surface area contributed by atoms with Crippen molar-refractivity contribution in [1.29, 1.82) is 0 Å². The van der Waals surface area contributed by atoms with E-state index in [4.69, 9.17) is 4.74 Å². The van der Waals surface area contributed by atoms with Gasteiger partial charge in [-0.1, -0.05) is 18.2 Å². The summed E-state index contributed by atoms with van der Waals surface area (Å²) in [7, 11) is 0. The molecule has 1 aliphatic rings. The van der Waals surface area contributed by atoms with Crippen molar-refractivity contribution in [2.75, 3.05) is 26.2 Å². The number of carbonyl (C=O) groups excluding carboxylic acids is 2. The molecule has 1 saturated heterocycles. The second-order valence-electron chi connectivity index (χ2n) is 7.69. The van der Waals surface area contributed by atoms with Gasteiger partial charge in [0, 0.05) is 37.3 Å². The van der Waals surface area contributed by atoms with E-state index in [0.717, 1.165) is 5.75 Å². The molecule has 3 rings (SSSR count). The highest BCUT2D eigenvalue weighted by atomic mass is 16.5. The standard InChI is InChI=1S/C22H26N2O3/c1-22(2,3)27-19-11-9-18(10-12-19)21(26)24-15-13-23(14-16-24)20(25)17-7-5-4-6-8-17/h4-12H,13-16H2,1-3H3. The molecule has 5 nitrogen and oxygen atoms in total. The Balaban J connectivity index is 1.57. The van der Waals surface area contributed by atoms with E-state index < -0.39 is 0 Å². The van der Waals surface area contributed by atoms with Crippen LogP contribution in [-0.4, -0.2) is 53.4 Å². The second-order valence-corrected chi connectivity index (χ2v) is 7.69. The zero-order valence-electron chi connectivity index (χ0n) is 16.1. The molecule has 0 aromatic heterocycles. The van der Waals surface area contributed by atoms with Crippen LogP contribution in [0.3, 0.4) is 0 Å². The number of benzene rings is 2. The lowest BCUT2D eigenvalue weighted by atomic mass is 10.1. The third-order valence-corrected chi connectivity index (χ3v) is 4.40. The van der Waals surface area contributed by atoms with Crippen molar-refractivity contribution < 1.29 is 14.3 Å². The number of carbonyl (C=O) groups is 2. The lowest BCUT2D eigenvalue weighted by molar-refractivity contribution is 0.0535. The maximum atomic E-state index is 12.7. The van der Waals surface area contributed by atoms with E-state index >= 15 is 0 Å². The summed E-state index contributed by atoms with van der Waals surface area (Å²) in [5.74, 6) is 0.757. The van der Waals surface area contributed by atoms with Crippen LogP contribution in [0.15, 0.2) is 54.6 Å². The number of rotatable bonds is 3. The first kappa shape index (κ1) is 19.0. The topological polar surface area (TPSA) is 49.9 Å². The van der Waals surface area contributed by atoms with Crippen molar-refractivity contribution in [2.24, 2.45) is 0 Å². The molecule has 27 heavy (non-hydrogen) atoms. The molecule has 0 unspecified atom stereocenters. The molecule has 1 fully saturated rings. The van der Waals surface area contributed by atoms with Gasteiger partial charge in [0.05, 0.1) is 0 Å². The predicted molar refractivity (Wildman–Crippen MR) is 105 cm³/mol. The molecule has 2 aromatic carbocycles. The maximum absolute atomic E-state index is 12.7. The maximum Gasteiger partial charge on any atom is 0.253 e. The fraction of sp³-hybridized carbons (Fsp3) is 0.364. The van der Waals surface area contributed by atoms with Crippen LogP contribution in [0.25, 0.3) is 0 Å². The van der Waals surface area contributed by atoms with Gasteiger partial charge in [-0.2, -0.15) is 0 Å². The van der Waals surface area contributed by atoms with Gasteiger partial charge in [-0.05, 0) is 57.2 Å². The van der Waals surface area contributed by atoms with Crippen LogP contribution < -0.4 is 4.74 Å². The van der Waals surface area contributed by atoms with Gasteiger partial charge in [0.15, 0.2) is 0 Å². The highest BCUT2D eigenvalue weighted by Crippen LogP contribution is 2.20. The first-order valence-corrected chi connectivity index (χ1v) is 9.26. The largest absolute Gasteiger partial charge is 0.488 e. The molecular weight excluding hydrogens is 340 g/mol. The molecule has 2 amide bonds. The normalized spacial score (nSPS) is 14.8. The van der Waals surface area contributed by atoms with E-state index in [9.17, 15) is 9.59 Å². The van der Waals surface area contributed by atoms with E-state index in [1.165, 1.54) is 0 Å². The minimum atomic E-state index is -0.271. The number of hydrogen-bond acceptors (Lipinski definition) is 3.